The highest BCUT2D eigenvalue weighted by Crippen LogP contribution is 2.21. The Kier molecular flexibility index (Phi) is 5.20. The topological polar surface area (TPSA) is 52.8 Å². The molecule has 3 aromatic heterocycles. The average Bonchev–Trinajstić information content (AvgIpc) is 2.91. The molecule has 0 saturated heterocycles. The zero-order valence-electron chi connectivity index (χ0n) is 14.6. The molecule has 126 valence electrons. The molecule has 0 aliphatic carbocycles. The van der Waals surface area contributed by atoms with E-state index < -0.39 is 0 Å². The predicted molar refractivity (Wildman–Crippen MR) is 95.1 cm³/mol. The third kappa shape index (κ3) is 3.62. The van der Waals surface area contributed by atoms with Crippen LogP contribution in [0.1, 0.15) is 29.1 Å². The first kappa shape index (κ1) is 16.6. The number of hydrogen-bond donors (Lipinski definition) is 0. The van der Waals surface area contributed by atoms with E-state index in [2.05, 4.69) is 32.5 Å². The molecule has 0 atom stereocenters. The molecule has 0 N–H and O–H groups in total. The maximum Gasteiger partial charge on any atom is 0.107 e. The lowest BCUT2D eigenvalue weighted by atomic mass is 10.2. The van der Waals surface area contributed by atoms with Gasteiger partial charge in [-0.25, -0.2) is 4.98 Å². The molecule has 0 aliphatic rings. The van der Waals surface area contributed by atoms with E-state index in [1.54, 1.807) is 6.20 Å². The fraction of sp³-hybridized carbons (Fsp3) is 0.421. The highest BCUT2D eigenvalue weighted by atomic mass is 16.5. The minimum Gasteiger partial charge on any atom is -0.380 e. The van der Waals surface area contributed by atoms with Gasteiger partial charge in [0.2, 0.25) is 0 Å². The number of pyridine rings is 2. The highest BCUT2D eigenvalue weighted by Gasteiger charge is 2.11. The van der Waals surface area contributed by atoms with Gasteiger partial charge in [-0.1, -0.05) is 6.07 Å². The molecule has 24 heavy (non-hydrogen) atoms. The quantitative estimate of drug-likeness (QED) is 0.625. The van der Waals surface area contributed by atoms with Crippen molar-refractivity contribution in [3.63, 3.8) is 0 Å². The molecule has 0 bridgehead atoms. The molecule has 0 aliphatic heterocycles. The minimum atomic E-state index is 0.695. The van der Waals surface area contributed by atoms with Gasteiger partial charge in [-0.2, -0.15) is 0 Å². The van der Waals surface area contributed by atoms with Crippen molar-refractivity contribution in [3.05, 3.63) is 53.4 Å². The second kappa shape index (κ2) is 7.53. The maximum absolute atomic E-state index is 5.82. The first-order valence-corrected chi connectivity index (χ1v) is 8.42. The van der Waals surface area contributed by atoms with E-state index in [4.69, 9.17) is 4.74 Å². The van der Waals surface area contributed by atoms with Crippen LogP contribution in [0.3, 0.4) is 0 Å². The van der Waals surface area contributed by atoms with Gasteiger partial charge in [0.05, 0.1) is 18.3 Å². The van der Waals surface area contributed by atoms with Crippen LogP contribution in [-0.2, 0) is 17.7 Å². The molecule has 5 heteroatoms. The Balaban J connectivity index is 1.53. The molecular formula is C19H24N4O. The van der Waals surface area contributed by atoms with E-state index in [-0.39, 0.29) is 0 Å². The van der Waals surface area contributed by atoms with Crippen LogP contribution in [0.4, 0.5) is 0 Å². The van der Waals surface area contributed by atoms with E-state index in [0.717, 1.165) is 43.0 Å². The summed E-state index contributed by atoms with van der Waals surface area (Å²) in [6, 6.07) is 4.08. The molecule has 0 unspecified atom stereocenters. The van der Waals surface area contributed by atoms with Gasteiger partial charge in [0, 0.05) is 31.2 Å². The summed E-state index contributed by atoms with van der Waals surface area (Å²) in [5, 5.41) is 0. The zero-order valence-corrected chi connectivity index (χ0v) is 14.6. The molecule has 0 spiro atoms. The maximum atomic E-state index is 5.82. The predicted octanol–water partition coefficient (Wildman–Crippen LogP) is 3.40. The number of nitrogens with zero attached hydrogens (tertiary/aromatic N) is 4. The smallest absolute Gasteiger partial charge is 0.107 e. The van der Waals surface area contributed by atoms with Crippen molar-refractivity contribution in [2.45, 2.75) is 40.2 Å². The van der Waals surface area contributed by atoms with Crippen LogP contribution in [-0.4, -0.2) is 32.7 Å². The highest BCUT2D eigenvalue weighted by molar-refractivity contribution is 5.79. The van der Waals surface area contributed by atoms with E-state index >= 15 is 0 Å². The zero-order chi connectivity index (χ0) is 16.9. The summed E-state index contributed by atoms with van der Waals surface area (Å²) in [5.74, 6) is 1.01. The van der Waals surface area contributed by atoms with Gasteiger partial charge in [0.15, 0.2) is 0 Å². The molecule has 3 heterocycles. The van der Waals surface area contributed by atoms with Crippen LogP contribution in [0, 0.1) is 20.8 Å². The van der Waals surface area contributed by atoms with Crippen LogP contribution < -0.4 is 0 Å². The Morgan fingerprint density at radius 3 is 2.79 bits per heavy atom. The molecule has 0 aromatic carbocycles. The van der Waals surface area contributed by atoms with Crippen molar-refractivity contribution in [3.8, 4) is 0 Å². The van der Waals surface area contributed by atoms with Crippen molar-refractivity contribution in [1.82, 2.24) is 19.5 Å². The summed E-state index contributed by atoms with van der Waals surface area (Å²) in [5.41, 5.74) is 5.66. The fourth-order valence-electron chi connectivity index (χ4n) is 2.95. The van der Waals surface area contributed by atoms with Crippen LogP contribution in [0.25, 0.3) is 11.0 Å². The third-order valence-electron chi connectivity index (χ3n) is 4.40. The molecule has 3 rings (SSSR count). The van der Waals surface area contributed by atoms with Crippen LogP contribution >= 0.6 is 0 Å². The number of aromatic nitrogens is 4. The molecule has 3 aromatic rings. The standard InChI is InChI=1S/C19H24N4O/c1-14-15(2)21-13-18-19(14)23(16(3)22-18)9-11-24-10-5-7-17-6-4-8-20-12-17/h4,6,8,12-13H,5,7,9-11H2,1-3H3. The number of ether oxygens (including phenoxy) is 1. The van der Waals surface area contributed by atoms with Gasteiger partial charge in [-0.3, -0.25) is 9.97 Å². The van der Waals surface area contributed by atoms with Crippen molar-refractivity contribution < 1.29 is 4.74 Å². The number of imidazole rings is 1. The number of fused-ring (bicyclic) bond motifs is 1. The van der Waals surface area contributed by atoms with Gasteiger partial charge < -0.3 is 9.30 Å². The molecule has 0 saturated carbocycles. The van der Waals surface area contributed by atoms with E-state index in [1.807, 2.05) is 32.3 Å². The fourth-order valence-corrected chi connectivity index (χ4v) is 2.95. The molecule has 0 radical (unpaired) electrons. The molecule has 0 amide bonds. The molecule has 5 nitrogen and oxygen atoms in total. The first-order valence-electron chi connectivity index (χ1n) is 8.42. The Hall–Kier alpha value is -2.27. The second-order valence-electron chi connectivity index (χ2n) is 6.09. The lowest BCUT2D eigenvalue weighted by molar-refractivity contribution is 0.124. The van der Waals surface area contributed by atoms with Crippen molar-refractivity contribution in [1.29, 1.82) is 0 Å². The Morgan fingerprint density at radius 2 is 2.00 bits per heavy atom. The largest absolute Gasteiger partial charge is 0.380 e. The molecular weight excluding hydrogens is 300 g/mol. The van der Waals surface area contributed by atoms with E-state index in [0.29, 0.717) is 6.61 Å². The Labute approximate surface area is 142 Å². The summed E-state index contributed by atoms with van der Waals surface area (Å²) in [6.45, 7) is 8.46. The third-order valence-corrected chi connectivity index (χ3v) is 4.40. The van der Waals surface area contributed by atoms with E-state index in [9.17, 15) is 0 Å². The van der Waals surface area contributed by atoms with E-state index in [1.165, 1.54) is 16.6 Å². The number of rotatable bonds is 7. The van der Waals surface area contributed by atoms with Gasteiger partial charge >= 0.3 is 0 Å². The van der Waals surface area contributed by atoms with Crippen molar-refractivity contribution >= 4 is 11.0 Å². The minimum absolute atomic E-state index is 0.695. The summed E-state index contributed by atoms with van der Waals surface area (Å²) in [6.07, 6.45) is 7.59. The SMILES string of the molecule is Cc1ncc2nc(C)n(CCOCCCc3cccnc3)c2c1C. The van der Waals surface area contributed by atoms with Gasteiger partial charge in [-0.05, 0) is 50.8 Å². The van der Waals surface area contributed by atoms with Crippen LogP contribution in [0.2, 0.25) is 0 Å². The van der Waals surface area contributed by atoms with Crippen LogP contribution in [0.15, 0.2) is 30.7 Å². The van der Waals surface area contributed by atoms with Crippen LogP contribution in [0.5, 0.6) is 0 Å². The number of aryl methyl sites for hydroxylation is 4. The average molecular weight is 324 g/mol. The Bertz CT molecular complexity index is 811. The summed E-state index contributed by atoms with van der Waals surface area (Å²) in [7, 11) is 0. The monoisotopic (exact) mass is 324 g/mol. The summed E-state index contributed by atoms with van der Waals surface area (Å²) in [4.78, 5) is 13.1. The van der Waals surface area contributed by atoms with Crippen molar-refractivity contribution in [2.75, 3.05) is 13.2 Å². The Morgan fingerprint density at radius 1 is 1.12 bits per heavy atom. The first-order chi connectivity index (χ1) is 11.7. The lowest BCUT2D eigenvalue weighted by Gasteiger charge is -2.10. The van der Waals surface area contributed by atoms with Crippen molar-refractivity contribution in [2.24, 2.45) is 0 Å². The summed E-state index contributed by atoms with van der Waals surface area (Å²) >= 11 is 0. The second-order valence-corrected chi connectivity index (χ2v) is 6.09. The normalized spacial score (nSPS) is 11.3. The molecule has 0 fully saturated rings. The van der Waals surface area contributed by atoms with Gasteiger partial charge in [0.1, 0.15) is 11.3 Å². The van der Waals surface area contributed by atoms with Gasteiger partial charge in [0.25, 0.3) is 0 Å². The van der Waals surface area contributed by atoms with Gasteiger partial charge in [-0.15, -0.1) is 0 Å². The lowest BCUT2D eigenvalue weighted by Crippen LogP contribution is -2.09. The summed E-state index contributed by atoms with van der Waals surface area (Å²) < 4.78 is 8.05. The number of hydrogen-bond acceptors (Lipinski definition) is 4.